The fourth-order valence-corrected chi connectivity index (χ4v) is 2.37. The summed E-state index contributed by atoms with van der Waals surface area (Å²) in [6.07, 6.45) is 5.42. The van der Waals surface area contributed by atoms with Crippen molar-refractivity contribution in [3.63, 3.8) is 0 Å². The molecule has 1 aliphatic carbocycles. The van der Waals surface area contributed by atoms with E-state index in [0.717, 1.165) is 25.7 Å². The summed E-state index contributed by atoms with van der Waals surface area (Å²) >= 11 is 5.99. The van der Waals surface area contributed by atoms with Gasteiger partial charge >= 0.3 is 0 Å². The van der Waals surface area contributed by atoms with Crippen molar-refractivity contribution in [3.8, 4) is 0 Å². The number of anilines is 2. The molecule has 100 valence electrons. The van der Waals surface area contributed by atoms with Crippen LogP contribution in [-0.4, -0.2) is 27.7 Å². The van der Waals surface area contributed by atoms with Crippen LogP contribution < -0.4 is 16.6 Å². The highest BCUT2D eigenvalue weighted by molar-refractivity contribution is 6.32. The van der Waals surface area contributed by atoms with Gasteiger partial charge in [0.2, 0.25) is 5.95 Å². The van der Waals surface area contributed by atoms with Crippen molar-refractivity contribution in [1.82, 2.24) is 9.97 Å². The van der Waals surface area contributed by atoms with Gasteiger partial charge in [-0.15, -0.1) is 0 Å². The Morgan fingerprint density at radius 2 is 2.22 bits per heavy atom. The van der Waals surface area contributed by atoms with Gasteiger partial charge in [0, 0.05) is 12.5 Å². The normalized spacial score (nSPS) is 23.7. The molecule has 2 unspecified atom stereocenters. The number of aromatic nitrogens is 2. The van der Waals surface area contributed by atoms with Crippen molar-refractivity contribution in [3.05, 3.63) is 11.2 Å². The SMILES string of the molecule is NNc1ncc(Cl)c(NCC2CCCCC2O)n1. The molecule has 0 radical (unpaired) electrons. The molecule has 1 aromatic heterocycles. The van der Waals surface area contributed by atoms with Crippen molar-refractivity contribution in [2.24, 2.45) is 11.8 Å². The largest absolute Gasteiger partial charge is 0.393 e. The van der Waals surface area contributed by atoms with Gasteiger partial charge in [0.05, 0.1) is 12.3 Å². The smallest absolute Gasteiger partial charge is 0.239 e. The third-order valence-corrected chi connectivity index (χ3v) is 3.55. The molecule has 2 rings (SSSR count). The summed E-state index contributed by atoms with van der Waals surface area (Å²) in [5.74, 6) is 6.34. The Morgan fingerprint density at radius 1 is 1.44 bits per heavy atom. The van der Waals surface area contributed by atoms with Crippen molar-refractivity contribution in [2.45, 2.75) is 31.8 Å². The lowest BCUT2D eigenvalue weighted by atomic mass is 9.86. The quantitative estimate of drug-likeness (QED) is 0.488. The van der Waals surface area contributed by atoms with E-state index < -0.39 is 0 Å². The summed E-state index contributed by atoms with van der Waals surface area (Å²) in [7, 11) is 0. The van der Waals surface area contributed by atoms with Crippen LogP contribution in [0.1, 0.15) is 25.7 Å². The Kier molecular flexibility index (Phi) is 4.57. The molecule has 1 aromatic rings. The van der Waals surface area contributed by atoms with E-state index in [-0.39, 0.29) is 12.0 Å². The number of aliphatic hydroxyl groups is 1. The summed E-state index contributed by atoms with van der Waals surface area (Å²) in [5, 5.41) is 13.5. The number of nitrogens with one attached hydrogen (secondary N) is 2. The molecule has 1 fully saturated rings. The van der Waals surface area contributed by atoms with E-state index in [1.54, 1.807) is 0 Å². The van der Waals surface area contributed by atoms with Gasteiger partial charge < -0.3 is 10.4 Å². The lowest BCUT2D eigenvalue weighted by Gasteiger charge is -2.27. The van der Waals surface area contributed by atoms with E-state index in [1.807, 2.05) is 0 Å². The van der Waals surface area contributed by atoms with Crippen LogP contribution in [0.25, 0.3) is 0 Å². The highest BCUT2D eigenvalue weighted by Crippen LogP contribution is 2.26. The molecule has 1 aliphatic rings. The molecule has 1 saturated carbocycles. The molecule has 1 heterocycles. The molecule has 6 nitrogen and oxygen atoms in total. The average Bonchev–Trinajstić information content (AvgIpc) is 2.39. The highest BCUT2D eigenvalue weighted by atomic mass is 35.5. The lowest BCUT2D eigenvalue weighted by Crippen LogP contribution is -2.30. The molecular weight excluding hydrogens is 254 g/mol. The van der Waals surface area contributed by atoms with E-state index in [1.165, 1.54) is 6.20 Å². The summed E-state index contributed by atoms with van der Waals surface area (Å²) < 4.78 is 0. The van der Waals surface area contributed by atoms with Gasteiger partial charge in [-0.1, -0.05) is 24.4 Å². The molecule has 0 spiro atoms. The third-order valence-electron chi connectivity index (χ3n) is 3.27. The summed E-state index contributed by atoms with van der Waals surface area (Å²) in [5.41, 5.74) is 2.37. The summed E-state index contributed by atoms with van der Waals surface area (Å²) in [6, 6.07) is 0. The molecule has 0 saturated heterocycles. The first kappa shape index (κ1) is 13.3. The van der Waals surface area contributed by atoms with E-state index in [9.17, 15) is 5.11 Å². The van der Waals surface area contributed by atoms with E-state index in [0.29, 0.717) is 23.3 Å². The van der Waals surface area contributed by atoms with E-state index in [4.69, 9.17) is 17.4 Å². The first-order valence-electron chi connectivity index (χ1n) is 6.12. The number of rotatable bonds is 4. The number of hydrogen-bond acceptors (Lipinski definition) is 6. The number of nitrogens with zero attached hydrogens (tertiary/aromatic N) is 2. The van der Waals surface area contributed by atoms with Crippen molar-refractivity contribution in [2.75, 3.05) is 17.3 Å². The second-order valence-electron chi connectivity index (χ2n) is 4.53. The van der Waals surface area contributed by atoms with Crippen LogP contribution in [0.2, 0.25) is 5.02 Å². The number of halogens is 1. The Bertz CT molecular complexity index is 403. The van der Waals surface area contributed by atoms with Crippen LogP contribution in [0.4, 0.5) is 11.8 Å². The van der Waals surface area contributed by atoms with Crippen LogP contribution in [0.15, 0.2) is 6.20 Å². The molecule has 2 atom stereocenters. The Balaban J connectivity index is 1.96. The van der Waals surface area contributed by atoms with Crippen LogP contribution >= 0.6 is 11.6 Å². The summed E-state index contributed by atoms with van der Waals surface area (Å²) in [4.78, 5) is 8.03. The minimum atomic E-state index is -0.237. The van der Waals surface area contributed by atoms with Gasteiger partial charge in [0.15, 0.2) is 5.82 Å². The zero-order valence-electron chi connectivity index (χ0n) is 10.1. The number of hydrogen-bond donors (Lipinski definition) is 4. The highest BCUT2D eigenvalue weighted by Gasteiger charge is 2.23. The van der Waals surface area contributed by atoms with Gasteiger partial charge in [-0.2, -0.15) is 4.98 Å². The van der Waals surface area contributed by atoms with Gasteiger partial charge in [0.25, 0.3) is 0 Å². The number of aliphatic hydroxyl groups excluding tert-OH is 1. The molecule has 0 aromatic carbocycles. The predicted octanol–water partition coefficient (Wildman–Crippen LogP) is 1.38. The Labute approximate surface area is 111 Å². The molecule has 5 N–H and O–H groups in total. The zero-order valence-corrected chi connectivity index (χ0v) is 10.8. The van der Waals surface area contributed by atoms with Gasteiger partial charge in [-0.05, 0) is 12.8 Å². The molecule has 18 heavy (non-hydrogen) atoms. The zero-order chi connectivity index (χ0) is 13.0. The summed E-state index contributed by atoms with van der Waals surface area (Å²) in [6.45, 7) is 0.655. The van der Waals surface area contributed by atoms with Crippen molar-refractivity contribution >= 4 is 23.4 Å². The maximum absolute atomic E-state index is 9.88. The monoisotopic (exact) mass is 271 g/mol. The van der Waals surface area contributed by atoms with Gasteiger partial charge in [-0.25, -0.2) is 10.8 Å². The van der Waals surface area contributed by atoms with Crippen LogP contribution in [0.3, 0.4) is 0 Å². The maximum atomic E-state index is 9.88. The standard InChI is InChI=1S/C11H18ClN5O/c12-8-6-15-11(17-13)16-10(8)14-5-7-3-1-2-4-9(7)18/h6-7,9,18H,1-5,13H2,(H2,14,15,16,17). The van der Waals surface area contributed by atoms with Gasteiger partial charge in [-0.3, -0.25) is 5.43 Å². The second kappa shape index (κ2) is 6.17. The number of nitrogen functional groups attached to an aromatic ring is 1. The van der Waals surface area contributed by atoms with Crippen molar-refractivity contribution in [1.29, 1.82) is 0 Å². The first-order valence-corrected chi connectivity index (χ1v) is 6.49. The molecular formula is C11H18ClN5O. The van der Waals surface area contributed by atoms with Crippen molar-refractivity contribution < 1.29 is 5.11 Å². The number of nitrogens with two attached hydrogens (primary N) is 1. The molecule has 0 amide bonds. The molecule has 7 heteroatoms. The average molecular weight is 272 g/mol. The van der Waals surface area contributed by atoms with Crippen LogP contribution in [0, 0.1) is 5.92 Å². The fraction of sp³-hybridized carbons (Fsp3) is 0.636. The van der Waals surface area contributed by atoms with E-state index in [2.05, 4.69) is 20.7 Å². The lowest BCUT2D eigenvalue weighted by molar-refractivity contribution is 0.0763. The molecule has 0 bridgehead atoms. The van der Waals surface area contributed by atoms with Gasteiger partial charge in [0.1, 0.15) is 5.02 Å². The fourth-order valence-electron chi connectivity index (χ4n) is 2.21. The predicted molar refractivity (Wildman–Crippen MR) is 71.3 cm³/mol. The Morgan fingerprint density at radius 3 is 2.94 bits per heavy atom. The van der Waals surface area contributed by atoms with Crippen LogP contribution in [-0.2, 0) is 0 Å². The first-order chi connectivity index (χ1) is 8.70. The number of hydrazine groups is 1. The minimum Gasteiger partial charge on any atom is -0.393 e. The van der Waals surface area contributed by atoms with Crippen LogP contribution in [0.5, 0.6) is 0 Å². The van der Waals surface area contributed by atoms with E-state index >= 15 is 0 Å². The maximum Gasteiger partial charge on any atom is 0.239 e. The second-order valence-corrected chi connectivity index (χ2v) is 4.93. The minimum absolute atomic E-state index is 0.237. The third kappa shape index (κ3) is 3.22. The Hall–Kier alpha value is -1.11. The topological polar surface area (TPSA) is 96.1 Å². The molecule has 0 aliphatic heterocycles.